The molecule has 92 valence electrons. The summed E-state index contributed by atoms with van der Waals surface area (Å²) in [6, 6.07) is 0. The molecule has 0 aromatic carbocycles. The Kier molecular flexibility index (Phi) is 7.27. The highest BCUT2D eigenvalue weighted by molar-refractivity contribution is 5.33. The molecule has 0 spiro atoms. The van der Waals surface area contributed by atoms with Crippen molar-refractivity contribution in [1.29, 1.82) is 0 Å². The van der Waals surface area contributed by atoms with Crippen molar-refractivity contribution in [2.24, 2.45) is 0 Å². The molecule has 17 heavy (non-hydrogen) atoms. The molecule has 2 nitrogen and oxygen atoms in total. The minimum Gasteiger partial charge on any atom is -0.513 e. The zero-order chi connectivity index (χ0) is 13.3. The standard InChI is InChI=1S/C15H20O2/c1-5-14(9-7-12(3)16)11-15(6-2)10-8-13(4)17/h5-10,16-17H,1,4,11H2,2-3H3/b10-8-,12-7+,14-9+,15-6+. The molecule has 0 aliphatic rings. The van der Waals surface area contributed by atoms with E-state index in [1.54, 1.807) is 31.2 Å². The van der Waals surface area contributed by atoms with Crippen LogP contribution in [0.25, 0.3) is 0 Å². The Labute approximate surface area is 103 Å². The lowest BCUT2D eigenvalue weighted by Crippen LogP contribution is -1.83. The lowest BCUT2D eigenvalue weighted by Gasteiger charge is -2.02. The van der Waals surface area contributed by atoms with Crippen LogP contribution in [-0.2, 0) is 0 Å². The topological polar surface area (TPSA) is 40.5 Å². The fraction of sp³-hybridized carbons (Fsp3) is 0.200. The molecule has 0 heterocycles. The number of rotatable bonds is 6. The summed E-state index contributed by atoms with van der Waals surface area (Å²) >= 11 is 0. The van der Waals surface area contributed by atoms with E-state index < -0.39 is 0 Å². The molecule has 2 heteroatoms. The molecular formula is C15H20O2. The molecule has 0 amide bonds. The van der Waals surface area contributed by atoms with Crippen molar-refractivity contribution in [2.75, 3.05) is 0 Å². The summed E-state index contributed by atoms with van der Waals surface area (Å²) in [5.41, 5.74) is 2.02. The average Bonchev–Trinajstić information content (AvgIpc) is 2.27. The fourth-order valence-corrected chi connectivity index (χ4v) is 1.12. The molecule has 0 saturated carbocycles. The monoisotopic (exact) mass is 232 g/mol. The van der Waals surface area contributed by atoms with Gasteiger partial charge in [-0.3, -0.25) is 0 Å². The Morgan fingerprint density at radius 2 is 1.76 bits per heavy atom. The molecule has 0 rings (SSSR count). The van der Waals surface area contributed by atoms with Crippen molar-refractivity contribution in [1.82, 2.24) is 0 Å². The molecule has 0 fully saturated rings. The van der Waals surface area contributed by atoms with Crippen LogP contribution in [-0.4, -0.2) is 10.2 Å². The zero-order valence-corrected chi connectivity index (χ0v) is 10.5. The summed E-state index contributed by atoms with van der Waals surface area (Å²) < 4.78 is 0. The number of aliphatic hydroxyl groups excluding tert-OH is 2. The summed E-state index contributed by atoms with van der Waals surface area (Å²) in [5, 5.41) is 18.1. The van der Waals surface area contributed by atoms with Gasteiger partial charge in [0.15, 0.2) is 0 Å². The Morgan fingerprint density at radius 1 is 1.12 bits per heavy atom. The Bertz CT molecular complexity index is 389. The van der Waals surface area contributed by atoms with Crippen molar-refractivity contribution in [3.05, 3.63) is 72.3 Å². The van der Waals surface area contributed by atoms with Crippen LogP contribution in [0, 0.1) is 0 Å². The van der Waals surface area contributed by atoms with Gasteiger partial charge in [0.05, 0.1) is 5.76 Å². The van der Waals surface area contributed by atoms with E-state index in [1.165, 1.54) is 0 Å². The van der Waals surface area contributed by atoms with Crippen LogP contribution in [0.2, 0.25) is 0 Å². The average molecular weight is 232 g/mol. The van der Waals surface area contributed by atoms with Gasteiger partial charge in [-0.15, -0.1) is 0 Å². The van der Waals surface area contributed by atoms with Crippen LogP contribution in [0.3, 0.4) is 0 Å². The van der Waals surface area contributed by atoms with E-state index in [9.17, 15) is 0 Å². The quantitative estimate of drug-likeness (QED) is 0.522. The van der Waals surface area contributed by atoms with Gasteiger partial charge in [-0.25, -0.2) is 0 Å². The first-order valence-electron chi connectivity index (χ1n) is 5.39. The molecule has 0 atom stereocenters. The minimum absolute atomic E-state index is 0.0274. The summed E-state index contributed by atoms with van der Waals surface area (Å²) in [4.78, 5) is 0. The van der Waals surface area contributed by atoms with E-state index in [4.69, 9.17) is 10.2 Å². The van der Waals surface area contributed by atoms with Crippen molar-refractivity contribution in [2.45, 2.75) is 20.3 Å². The maximum absolute atomic E-state index is 9.07. The first kappa shape index (κ1) is 15.0. The Hall–Kier alpha value is -1.96. The molecule has 2 N–H and O–H groups in total. The first-order valence-corrected chi connectivity index (χ1v) is 5.39. The van der Waals surface area contributed by atoms with Gasteiger partial charge >= 0.3 is 0 Å². The SMILES string of the molecule is C=C/C(=C\C=C(/C)O)CC(/C=C\C(=C)O)=C/C. The third-order valence-corrected chi connectivity index (χ3v) is 2.07. The highest BCUT2D eigenvalue weighted by atomic mass is 16.3. The molecule has 0 aliphatic heterocycles. The van der Waals surface area contributed by atoms with Gasteiger partial charge in [-0.1, -0.05) is 37.5 Å². The van der Waals surface area contributed by atoms with Gasteiger partial charge in [0.25, 0.3) is 0 Å². The second-order valence-electron chi connectivity index (χ2n) is 3.62. The fourth-order valence-electron chi connectivity index (χ4n) is 1.12. The maximum atomic E-state index is 9.07. The minimum atomic E-state index is 0.0274. The van der Waals surface area contributed by atoms with Crippen LogP contribution >= 0.6 is 0 Å². The van der Waals surface area contributed by atoms with E-state index in [0.717, 1.165) is 11.1 Å². The van der Waals surface area contributed by atoms with E-state index in [-0.39, 0.29) is 11.5 Å². The highest BCUT2D eigenvalue weighted by Crippen LogP contribution is 2.14. The van der Waals surface area contributed by atoms with Crippen LogP contribution in [0.1, 0.15) is 20.3 Å². The third kappa shape index (κ3) is 7.91. The summed E-state index contributed by atoms with van der Waals surface area (Å²) in [5.74, 6) is 0.283. The number of hydrogen-bond donors (Lipinski definition) is 2. The van der Waals surface area contributed by atoms with Gasteiger partial charge in [-0.2, -0.15) is 0 Å². The van der Waals surface area contributed by atoms with Gasteiger partial charge in [-0.05, 0) is 43.6 Å². The van der Waals surface area contributed by atoms with E-state index >= 15 is 0 Å². The second kappa shape index (κ2) is 8.22. The molecule has 0 radical (unpaired) electrons. The largest absolute Gasteiger partial charge is 0.513 e. The third-order valence-electron chi connectivity index (χ3n) is 2.07. The van der Waals surface area contributed by atoms with Crippen LogP contribution in [0.5, 0.6) is 0 Å². The van der Waals surface area contributed by atoms with Gasteiger partial charge < -0.3 is 10.2 Å². The smallest absolute Gasteiger partial charge is 0.108 e. The Balaban J connectivity index is 4.77. The van der Waals surface area contributed by atoms with E-state index in [0.29, 0.717) is 6.42 Å². The molecule has 0 saturated heterocycles. The predicted molar refractivity (Wildman–Crippen MR) is 73.9 cm³/mol. The first-order chi connectivity index (χ1) is 7.99. The maximum Gasteiger partial charge on any atom is 0.108 e. The molecule has 0 bridgehead atoms. The predicted octanol–water partition coefficient (Wildman–Crippen LogP) is 4.52. The normalized spacial score (nSPS) is 14.1. The number of hydrogen-bond acceptors (Lipinski definition) is 2. The molecule has 0 aromatic rings. The van der Waals surface area contributed by atoms with Crippen molar-refractivity contribution in [3.63, 3.8) is 0 Å². The van der Waals surface area contributed by atoms with Crippen molar-refractivity contribution in [3.8, 4) is 0 Å². The van der Waals surface area contributed by atoms with Crippen LogP contribution in [0.15, 0.2) is 72.3 Å². The summed E-state index contributed by atoms with van der Waals surface area (Å²) in [6.07, 6.45) is 11.2. The second-order valence-corrected chi connectivity index (χ2v) is 3.62. The highest BCUT2D eigenvalue weighted by Gasteiger charge is 1.95. The lowest BCUT2D eigenvalue weighted by molar-refractivity contribution is 0.414. The molecule has 0 unspecified atom stereocenters. The van der Waals surface area contributed by atoms with Gasteiger partial charge in [0.1, 0.15) is 5.76 Å². The lowest BCUT2D eigenvalue weighted by atomic mass is 10.0. The summed E-state index contributed by atoms with van der Waals surface area (Å²) in [6.45, 7) is 10.6. The molecular weight excluding hydrogens is 212 g/mol. The van der Waals surface area contributed by atoms with Gasteiger partial charge in [0.2, 0.25) is 0 Å². The number of aliphatic hydroxyl groups is 2. The van der Waals surface area contributed by atoms with E-state index in [2.05, 4.69) is 13.2 Å². The molecule has 0 aromatic heterocycles. The molecule has 0 aliphatic carbocycles. The van der Waals surface area contributed by atoms with Crippen molar-refractivity contribution >= 4 is 0 Å². The van der Waals surface area contributed by atoms with Crippen LogP contribution < -0.4 is 0 Å². The Morgan fingerprint density at radius 3 is 2.18 bits per heavy atom. The van der Waals surface area contributed by atoms with Crippen molar-refractivity contribution < 1.29 is 10.2 Å². The summed E-state index contributed by atoms with van der Waals surface area (Å²) in [7, 11) is 0. The zero-order valence-electron chi connectivity index (χ0n) is 10.5. The van der Waals surface area contributed by atoms with Gasteiger partial charge in [0, 0.05) is 0 Å². The van der Waals surface area contributed by atoms with Crippen LogP contribution in [0.4, 0.5) is 0 Å². The number of allylic oxidation sites excluding steroid dienone is 9. The van der Waals surface area contributed by atoms with E-state index in [1.807, 2.05) is 19.1 Å².